The van der Waals surface area contributed by atoms with Gasteiger partial charge in [-0.15, -0.1) is 0 Å². The van der Waals surface area contributed by atoms with Crippen molar-refractivity contribution in [2.45, 2.75) is 81.1 Å². The highest BCUT2D eigenvalue weighted by atomic mass is 19.4. The number of nitrogens with zero attached hydrogens (tertiary/aromatic N) is 2. The van der Waals surface area contributed by atoms with Crippen LogP contribution in [0.4, 0.5) is 26.3 Å². The van der Waals surface area contributed by atoms with Gasteiger partial charge in [-0.25, -0.2) is 4.98 Å². The summed E-state index contributed by atoms with van der Waals surface area (Å²) in [6.45, 7) is 3.39. The third-order valence-corrected chi connectivity index (χ3v) is 7.59. The molecule has 0 bridgehead atoms. The van der Waals surface area contributed by atoms with Crippen LogP contribution in [0.1, 0.15) is 68.0 Å². The lowest BCUT2D eigenvalue weighted by Crippen LogP contribution is -2.53. The van der Waals surface area contributed by atoms with Crippen LogP contribution in [0.5, 0.6) is 5.75 Å². The molecule has 5 rings (SSSR count). The molecule has 1 aliphatic heterocycles. The molecule has 0 radical (unpaired) electrons. The predicted molar refractivity (Wildman–Crippen MR) is 129 cm³/mol. The Morgan fingerprint density at radius 1 is 1.00 bits per heavy atom. The number of fused-ring (bicyclic) bond motifs is 1. The third kappa shape index (κ3) is 5.73. The van der Waals surface area contributed by atoms with Gasteiger partial charge in [-0.05, 0) is 57.2 Å². The molecular formula is C27H29F6N3O3. The molecule has 12 heteroatoms. The van der Waals surface area contributed by atoms with Crippen LogP contribution in [0.3, 0.4) is 0 Å². The molecule has 1 aliphatic carbocycles. The molecule has 6 nitrogen and oxygen atoms in total. The van der Waals surface area contributed by atoms with Crippen LogP contribution in [0.15, 0.2) is 42.6 Å². The quantitative estimate of drug-likeness (QED) is 0.366. The number of rotatable bonds is 5. The molecule has 2 fully saturated rings. The normalized spacial score (nSPS) is 29.8. The third-order valence-electron chi connectivity index (χ3n) is 7.59. The Bertz CT molecular complexity index is 1340. The second-order valence-electron chi connectivity index (χ2n) is 11.2. The average molecular weight is 558 g/mol. The first-order valence-electron chi connectivity index (χ1n) is 12.6. The molecule has 1 aromatic carbocycles. The Morgan fingerprint density at radius 3 is 2.26 bits per heavy atom. The van der Waals surface area contributed by atoms with E-state index in [1.807, 2.05) is 0 Å². The van der Waals surface area contributed by atoms with E-state index in [0.717, 1.165) is 22.6 Å². The van der Waals surface area contributed by atoms with Gasteiger partial charge in [-0.3, -0.25) is 4.40 Å². The molecule has 1 saturated heterocycles. The molecule has 212 valence electrons. The summed E-state index contributed by atoms with van der Waals surface area (Å²) in [5.41, 5.74) is -3.21. The molecule has 3 atom stereocenters. The SMILES string of the molecule is CC1CC(O)(c2ccc(C(F)(F)F)cc2)CC(COc2cc(C(F)(F)F)n3cc(C4CC(C)(O)C4)nc3c2)N1. The first-order chi connectivity index (χ1) is 18.0. The lowest BCUT2D eigenvalue weighted by Gasteiger charge is -2.41. The molecule has 3 unspecified atom stereocenters. The van der Waals surface area contributed by atoms with E-state index in [4.69, 9.17) is 4.74 Å². The smallest absolute Gasteiger partial charge is 0.431 e. The lowest BCUT2D eigenvalue weighted by atomic mass is 9.71. The highest BCUT2D eigenvalue weighted by Gasteiger charge is 2.42. The molecule has 2 aliphatic rings. The van der Waals surface area contributed by atoms with E-state index in [2.05, 4.69) is 10.3 Å². The number of ether oxygens (including phenoxy) is 1. The summed E-state index contributed by atoms with van der Waals surface area (Å²) in [4.78, 5) is 4.37. The average Bonchev–Trinajstić information content (AvgIpc) is 3.22. The molecule has 0 spiro atoms. The molecule has 2 aromatic heterocycles. The predicted octanol–water partition coefficient (Wildman–Crippen LogP) is 5.41. The number of piperidine rings is 1. The standard InChI is InChI=1S/C27H29F6N3O3/c1-15-9-25(38,17-3-5-18(6-4-17)26(28,29)30)12-19(34-15)14-39-20-7-22(27(31,32)33)36-13-21(35-23(36)8-20)16-10-24(2,37)11-16/h3-8,13,15-16,19,34,37-38H,9-12,14H2,1-2H3. The van der Waals surface area contributed by atoms with Crippen LogP contribution >= 0.6 is 0 Å². The Hall–Kier alpha value is -2.83. The van der Waals surface area contributed by atoms with Crippen LogP contribution < -0.4 is 10.1 Å². The molecule has 3 aromatic rings. The van der Waals surface area contributed by atoms with Crippen molar-refractivity contribution in [2.75, 3.05) is 6.61 Å². The maximum absolute atomic E-state index is 13.9. The maximum atomic E-state index is 13.9. The summed E-state index contributed by atoms with van der Waals surface area (Å²) in [5.74, 6) is -0.188. The zero-order valence-electron chi connectivity index (χ0n) is 21.3. The number of alkyl halides is 6. The summed E-state index contributed by atoms with van der Waals surface area (Å²) in [6.07, 6.45) is -6.68. The van der Waals surface area contributed by atoms with Crippen LogP contribution in [0.25, 0.3) is 5.65 Å². The number of hydrogen-bond acceptors (Lipinski definition) is 5. The number of benzene rings is 1. The van der Waals surface area contributed by atoms with Gasteiger partial charge in [-0.1, -0.05) is 12.1 Å². The first-order valence-corrected chi connectivity index (χ1v) is 12.6. The van der Waals surface area contributed by atoms with Crippen molar-refractivity contribution in [3.8, 4) is 5.75 Å². The van der Waals surface area contributed by atoms with E-state index < -0.39 is 40.9 Å². The van der Waals surface area contributed by atoms with Crippen molar-refractivity contribution >= 4 is 5.65 Å². The van der Waals surface area contributed by atoms with Crippen molar-refractivity contribution in [1.82, 2.24) is 14.7 Å². The van der Waals surface area contributed by atoms with E-state index in [1.165, 1.54) is 24.4 Å². The fraction of sp³-hybridized carbons (Fsp3) is 0.519. The van der Waals surface area contributed by atoms with E-state index in [1.54, 1.807) is 13.8 Å². The van der Waals surface area contributed by atoms with Gasteiger partial charge in [0.1, 0.15) is 23.7 Å². The van der Waals surface area contributed by atoms with Crippen molar-refractivity contribution < 1.29 is 41.3 Å². The number of aliphatic hydroxyl groups is 2. The van der Waals surface area contributed by atoms with Crippen LogP contribution in [0, 0.1) is 0 Å². The van der Waals surface area contributed by atoms with E-state index >= 15 is 0 Å². The Morgan fingerprint density at radius 2 is 1.67 bits per heavy atom. The fourth-order valence-electron chi connectivity index (χ4n) is 5.82. The second kappa shape index (κ2) is 9.38. The zero-order valence-corrected chi connectivity index (χ0v) is 21.3. The largest absolute Gasteiger partial charge is 0.492 e. The van der Waals surface area contributed by atoms with E-state index in [0.29, 0.717) is 24.1 Å². The van der Waals surface area contributed by atoms with Gasteiger partial charge in [-0.2, -0.15) is 26.3 Å². The number of imidazole rings is 1. The van der Waals surface area contributed by atoms with Gasteiger partial charge in [0, 0.05) is 36.3 Å². The Balaban J connectivity index is 1.34. The number of nitrogens with one attached hydrogen (secondary N) is 1. The van der Waals surface area contributed by atoms with Gasteiger partial charge < -0.3 is 20.3 Å². The molecule has 3 N–H and O–H groups in total. The number of halogens is 6. The monoisotopic (exact) mass is 557 g/mol. The minimum absolute atomic E-state index is 0.0503. The van der Waals surface area contributed by atoms with Gasteiger partial charge >= 0.3 is 12.4 Å². The summed E-state index contributed by atoms with van der Waals surface area (Å²) >= 11 is 0. The minimum atomic E-state index is -4.68. The molecular weight excluding hydrogens is 528 g/mol. The first kappa shape index (κ1) is 27.7. The highest BCUT2D eigenvalue weighted by molar-refractivity contribution is 5.49. The second-order valence-corrected chi connectivity index (χ2v) is 11.2. The van der Waals surface area contributed by atoms with Crippen molar-refractivity contribution in [3.63, 3.8) is 0 Å². The topological polar surface area (TPSA) is 79.0 Å². The van der Waals surface area contributed by atoms with Gasteiger partial charge in [0.15, 0.2) is 0 Å². The highest BCUT2D eigenvalue weighted by Crippen LogP contribution is 2.45. The van der Waals surface area contributed by atoms with Gasteiger partial charge in [0.05, 0.1) is 22.5 Å². The molecule has 3 heterocycles. The van der Waals surface area contributed by atoms with Crippen LogP contribution in [0.2, 0.25) is 0 Å². The molecule has 0 amide bonds. The zero-order chi connectivity index (χ0) is 28.4. The molecule has 1 saturated carbocycles. The number of pyridine rings is 1. The summed E-state index contributed by atoms with van der Waals surface area (Å²) in [6, 6.07) is 5.92. The van der Waals surface area contributed by atoms with Gasteiger partial charge in [0.2, 0.25) is 0 Å². The van der Waals surface area contributed by atoms with Crippen LogP contribution in [-0.2, 0) is 18.0 Å². The Labute approximate surface area is 220 Å². The van der Waals surface area contributed by atoms with Gasteiger partial charge in [0.25, 0.3) is 0 Å². The fourth-order valence-corrected chi connectivity index (χ4v) is 5.82. The van der Waals surface area contributed by atoms with E-state index in [-0.39, 0.29) is 42.8 Å². The summed E-state index contributed by atoms with van der Waals surface area (Å²) in [5, 5.41) is 24.6. The summed E-state index contributed by atoms with van der Waals surface area (Å²) in [7, 11) is 0. The maximum Gasteiger partial charge on any atom is 0.431 e. The minimum Gasteiger partial charge on any atom is -0.492 e. The Kier molecular flexibility index (Phi) is 6.67. The van der Waals surface area contributed by atoms with Crippen molar-refractivity contribution in [3.05, 3.63) is 65.1 Å². The number of hydrogen-bond donors (Lipinski definition) is 3. The van der Waals surface area contributed by atoms with Crippen molar-refractivity contribution in [2.24, 2.45) is 0 Å². The number of aromatic nitrogens is 2. The molecule has 39 heavy (non-hydrogen) atoms. The van der Waals surface area contributed by atoms with Crippen LogP contribution in [-0.4, -0.2) is 43.9 Å². The lowest BCUT2D eigenvalue weighted by molar-refractivity contribution is -0.142. The summed E-state index contributed by atoms with van der Waals surface area (Å²) < 4.78 is 87.3. The van der Waals surface area contributed by atoms with Crippen molar-refractivity contribution in [1.29, 1.82) is 0 Å². The van der Waals surface area contributed by atoms with E-state index in [9.17, 15) is 36.6 Å².